The van der Waals surface area contributed by atoms with Crippen molar-refractivity contribution in [3.63, 3.8) is 0 Å². The molecule has 0 bridgehead atoms. The van der Waals surface area contributed by atoms with Gasteiger partial charge in [0.1, 0.15) is 13.1 Å². The average Bonchev–Trinajstić information content (AvgIpc) is 2.62. The molecule has 0 atom stereocenters. The summed E-state index contributed by atoms with van der Waals surface area (Å²) < 4.78 is 73.2. The number of alkyl halides is 6. The third kappa shape index (κ3) is 4.79. The van der Waals surface area contributed by atoms with E-state index in [0.29, 0.717) is 15.6 Å². The SMILES string of the molecule is CN(CC(F)(F)F)C(=O)Cn1ccc(C(F)(F)F)n1. The van der Waals surface area contributed by atoms with Crippen LogP contribution < -0.4 is 0 Å². The zero-order chi connectivity index (χ0) is 14.8. The van der Waals surface area contributed by atoms with Crippen LogP contribution in [0.1, 0.15) is 5.69 Å². The van der Waals surface area contributed by atoms with E-state index >= 15 is 0 Å². The number of aromatic nitrogens is 2. The molecule has 0 fully saturated rings. The summed E-state index contributed by atoms with van der Waals surface area (Å²) in [6.45, 7) is -2.16. The first-order chi connectivity index (χ1) is 8.49. The standard InChI is InChI=1S/C9H9F6N3O/c1-17(5-8(10,11)12)7(19)4-18-3-2-6(16-18)9(13,14)15/h2-3H,4-5H2,1H3. The van der Waals surface area contributed by atoms with Crippen LogP contribution in [-0.2, 0) is 17.5 Å². The van der Waals surface area contributed by atoms with Crippen molar-refractivity contribution >= 4 is 5.91 Å². The molecule has 0 N–H and O–H groups in total. The van der Waals surface area contributed by atoms with E-state index in [1.54, 1.807) is 0 Å². The van der Waals surface area contributed by atoms with Crippen molar-refractivity contribution in [1.82, 2.24) is 14.7 Å². The molecule has 0 spiro atoms. The molecule has 1 amide bonds. The van der Waals surface area contributed by atoms with Crippen LogP contribution in [0.5, 0.6) is 0 Å². The summed E-state index contributed by atoms with van der Waals surface area (Å²) in [7, 11) is 0.907. The lowest BCUT2D eigenvalue weighted by molar-refractivity contribution is -0.159. The maximum atomic E-state index is 12.2. The Balaban J connectivity index is 2.65. The molecule has 1 heterocycles. The normalized spacial score (nSPS) is 12.6. The summed E-state index contributed by atoms with van der Waals surface area (Å²) >= 11 is 0. The lowest BCUT2D eigenvalue weighted by Crippen LogP contribution is -2.37. The third-order valence-corrected chi connectivity index (χ3v) is 2.07. The summed E-state index contributed by atoms with van der Waals surface area (Å²) in [4.78, 5) is 11.7. The molecule has 1 aromatic heterocycles. The molecule has 19 heavy (non-hydrogen) atoms. The van der Waals surface area contributed by atoms with Crippen molar-refractivity contribution in [2.75, 3.05) is 13.6 Å². The van der Waals surface area contributed by atoms with Crippen molar-refractivity contribution < 1.29 is 31.1 Å². The number of carbonyl (C=O) groups excluding carboxylic acids is 1. The van der Waals surface area contributed by atoms with Crippen LogP contribution >= 0.6 is 0 Å². The van der Waals surface area contributed by atoms with E-state index in [-0.39, 0.29) is 0 Å². The zero-order valence-corrected chi connectivity index (χ0v) is 9.59. The summed E-state index contributed by atoms with van der Waals surface area (Å²) in [5.74, 6) is -0.992. The maximum Gasteiger partial charge on any atom is 0.435 e. The predicted molar refractivity (Wildman–Crippen MR) is 50.9 cm³/mol. The van der Waals surface area contributed by atoms with Crippen LogP contribution in [0.25, 0.3) is 0 Å². The molecule has 108 valence electrons. The molecule has 4 nitrogen and oxygen atoms in total. The number of amides is 1. The van der Waals surface area contributed by atoms with Crippen molar-refractivity contribution in [2.45, 2.75) is 18.9 Å². The van der Waals surface area contributed by atoms with Gasteiger partial charge in [-0.15, -0.1) is 0 Å². The molecule has 10 heteroatoms. The van der Waals surface area contributed by atoms with Gasteiger partial charge in [-0.3, -0.25) is 9.48 Å². The Morgan fingerprint density at radius 3 is 2.32 bits per heavy atom. The van der Waals surface area contributed by atoms with Gasteiger partial charge in [0, 0.05) is 13.2 Å². The van der Waals surface area contributed by atoms with Crippen molar-refractivity contribution in [2.24, 2.45) is 0 Å². The second-order valence-electron chi connectivity index (χ2n) is 3.76. The van der Waals surface area contributed by atoms with Gasteiger partial charge in [0.05, 0.1) is 0 Å². The summed E-state index contributed by atoms with van der Waals surface area (Å²) in [6.07, 6.45) is -8.35. The zero-order valence-electron chi connectivity index (χ0n) is 9.59. The minimum Gasteiger partial charge on any atom is -0.335 e. The molecule has 0 aliphatic carbocycles. The lowest BCUT2D eigenvalue weighted by Gasteiger charge is -2.18. The Morgan fingerprint density at radius 2 is 1.89 bits per heavy atom. The van der Waals surface area contributed by atoms with E-state index in [0.717, 1.165) is 13.2 Å². The fraction of sp³-hybridized carbons (Fsp3) is 0.556. The Labute approximate surface area is 103 Å². The molecular weight excluding hydrogens is 280 g/mol. The predicted octanol–water partition coefficient (Wildman–Crippen LogP) is 1.92. The van der Waals surface area contributed by atoms with E-state index in [9.17, 15) is 31.1 Å². The highest BCUT2D eigenvalue weighted by Crippen LogP contribution is 2.27. The van der Waals surface area contributed by atoms with Gasteiger partial charge in [0.2, 0.25) is 5.91 Å². The highest BCUT2D eigenvalue weighted by molar-refractivity contribution is 5.75. The van der Waals surface area contributed by atoms with Gasteiger partial charge < -0.3 is 4.90 Å². The molecule has 0 radical (unpaired) electrons. The lowest BCUT2D eigenvalue weighted by atomic mass is 10.4. The van der Waals surface area contributed by atoms with Gasteiger partial charge in [-0.1, -0.05) is 0 Å². The molecule has 0 aliphatic heterocycles. The second kappa shape index (κ2) is 5.10. The van der Waals surface area contributed by atoms with Crippen LogP contribution in [0, 0.1) is 0 Å². The molecule has 1 aromatic rings. The summed E-state index contributed by atoms with van der Waals surface area (Å²) in [5.41, 5.74) is -1.21. The quantitative estimate of drug-likeness (QED) is 0.797. The number of likely N-dealkylation sites (N-methyl/N-ethyl adjacent to an activating group) is 1. The Kier molecular flexibility index (Phi) is 4.11. The van der Waals surface area contributed by atoms with Crippen LogP contribution in [0.15, 0.2) is 12.3 Å². The number of rotatable bonds is 3. The second-order valence-corrected chi connectivity index (χ2v) is 3.76. The minimum atomic E-state index is -4.66. The van der Waals surface area contributed by atoms with Gasteiger partial charge >= 0.3 is 12.4 Å². The van der Waals surface area contributed by atoms with Crippen LogP contribution in [0.2, 0.25) is 0 Å². The molecule has 0 saturated carbocycles. The monoisotopic (exact) mass is 289 g/mol. The Morgan fingerprint density at radius 1 is 1.32 bits per heavy atom. The minimum absolute atomic E-state index is 0.370. The first-order valence-electron chi connectivity index (χ1n) is 4.90. The van der Waals surface area contributed by atoms with Gasteiger partial charge in [-0.05, 0) is 6.07 Å². The van der Waals surface area contributed by atoms with E-state index < -0.39 is 37.0 Å². The Hall–Kier alpha value is -1.74. The van der Waals surface area contributed by atoms with E-state index in [2.05, 4.69) is 5.10 Å². The molecule has 0 aromatic carbocycles. The fourth-order valence-corrected chi connectivity index (χ4v) is 1.22. The van der Waals surface area contributed by atoms with Gasteiger partial charge in [0.25, 0.3) is 0 Å². The smallest absolute Gasteiger partial charge is 0.335 e. The molecule has 0 saturated heterocycles. The first-order valence-corrected chi connectivity index (χ1v) is 4.90. The Bertz CT molecular complexity index is 450. The number of hydrogen-bond acceptors (Lipinski definition) is 2. The largest absolute Gasteiger partial charge is 0.435 e. The highest BCUT2D eigenvalue weighted by atomic mass is 19.4. The summed E-state index contributed by atoms with van der Waals surface area (Å²) in [5, 5.41) is 3.06. The highest BCUT2D eigenvalue weighted by Gasteiger charge is 2.34. The van der Waals surface area contributed by atoms with Gasteiger partial charge in [-0.25, -0.2) is 0 Å². The van der Waals surface area contributed by atoms with E-state index in [1.165, 1.54) is 0 Å². The van der Waals surface area contributed by atoms with Gasteiger partial charge in [-0.2, -0.15) is 31.4 Å². The molecule has 0 unspecified atom stereocenters. The number of carbonyl (C=O) groups is 1. The third-order valence-electron chi connectivity index (χ3n) is 2.07. The average molecular weight is 289 g/mol. The van der Waals surface area contributed by atoms with E-state index in [1.807, 2.05) is 0 Å². The van der Waals surface area contributed by atoms with Crippen LogP contribution in [-0.4, -0.2) is 40.4 Å². The molecule has 0 aliphatic rings. The maximum absolute atomic E-state index is 12.2. The molecular formula is C9H9F6N3O. The number of halogens is 6. The molecule has 1 rings (SSSR count). The van der Waals surface area contributed by atoms with Crippen molar-refractivity contribution in [3.8, 4) is 0 Å². The fourth-order valence-electron chi connectivity index (χ4n) is 1.22. The van der Waals surface area contributed by atoms with Crippen molar-refractivity contribution in [3.05, 3.63) is 18.0 Å². The van der Waals surface area contributed by atoms with Gasteiger partial charge in [0.15, 0.2) is 5.69 Å². The number of hydrogen-bond donors (Lipinski definition) is 0. The van der Waals surface area contributed by atoms with E-state index in [4.69, 9.17) is 0 Å². The first kappa shape index (κ1) is 15.3. The summed E-state index contributed by atoms with van der Waals surface area (Å²) in [6, 6.07) is 0.636. The number of nitrogens with zero attached hydrogens (tertiary/aromatic N) is 3. The van der Waals surface area contributed by atoms with Crippen molar-refractivity contribution in [1.29, 1.82) is 0 Å². The topological polar surface area (TPSA) is 38.1 Å². The van der Waals surface area contributed by atoms with Crippen LogP contribution in [0.4, 0.5) is 26.3 Å². The van der Waals surface area contributed by atoms with Crippen LogP contribution in [0.3, 0.4) is 0 Å².